The highest BCUT2D eigenvalue weighted by Crippen LogP contribution is 2.27. The SMILES string of the molecule is C[C@@H](Sc1nnc(-c2ccncc2)n1C)C(=O)N(CCC#N)c1ccccc1. The van der Waals surface area contributed by atoms with E-state index in [9.17, 15) is 4.79 Å². The molecular weight excluding hydrogens is 372 g/mol. The number of carbonyl (C=O) groups is 1. The average Bonchev–Trinajstić information content (AvgIpc) is 3.09. The molecule has 0 saturated heterocycles. The van der Waals surface area contributed by atoms with Crippen molar-refractivity contribution < 1.29 is 4.79 Å². The Balaban J connectivity index is 1.78. The standard InChI is InChI=1S/C20H20N6OS/c1-15(19(27)26(14-6-11-21)17-7-4-3-5-8-17)28-20-24-23-18(25(20)2)16-9-12-22-13-10-16/h3-5,7-10,12-13,15H,6,14H2,1-2H3/t15-/m1/s1. The van der Waals surface area contributed by atoms with Crippen LogP contribution in [0.3, 0.4) is 0 Å². The van der Waals surface area contributed by atoms with E-state index in [1.54, 1.807) is 17.3 Å². The van der Waals surface area contributed by atoms with Crippen molar-refractivity contribution in [1.82, 2.24) is 19.7 Å². The molecule has 0 fully saturated rings. The second-order valence-corrected chi connectivity index (χ2v) is 7.40. The van der Waals surface area contributed by atoms with Crippen molar-refractivity contribution in [2.75, 3.05) is 11.4 Å². The zero-order chi connectivity index (χ0) is 19.9. The first-order chi connectivity index (χ1) is 13.6. The molecule has 3 rings (SSSR count). The predicted molar refractivity (Wildman–Crippen MR) is 109 cm³/mol. The zero-order valence-electron chi connectivity index (χ0n) is 15.7. The van der Waals surface area contributed by atoms with E-state index >= 15 is 0 Å². The molecule has 28 heavy (non-hydrogen) atoms. The minimum atomic E-state index is -0.382. The molecule has 7 nitrogen and oxygen atoms in total. The van der Waals surface area contributed by atoms with Crippen LogP contribution in [0.25, 0.3) is 11.4 Å². The molecule has 1 atom stereocenters. The van der Waals surface area contributed by atoms with Crippen molar-refractivity contribution in [3.63, 3.8) is 0 Å². The van der Waals surface area contributed by atoms with Crippen molar-refractivity contribution in [3.8, 4) is 17.5 Å². The fraction of sp³-hybridized carbons (Fsp3) is 0.250. The second-order valence-electron chi connectivity index (χ2n) is 6.09. The van der Waals surface area contributed by atoms with Crippen LogP contribution in [0.1, 0.15) is 13.3 Å². The van der Waals surface area contributed by atoms with Crippen molar-refractivity contribution in [2.24, 2.45) is 7.05 Å². The van der Waals surface area contributed by atoms with Crippen LogP contribution in [0.2, 0.25) is 0 Å². The van der Waals surface area contributed by atoms with Gasteiger partial charge in [0.25, 0.3) is 0 Å². The van der Waals surface area contributed by atoms with Gasteiger partial charge in [-0.25, -0.2) is 0 Å². The van der Waals surface area contributed by atoms with Crippen LogP contribution in [0.4, 0.5) is 5.69 Å². The maximum absolute atomic E-state index is 13.1. The van der Waals surface area contributed by atoms with E-state index in [1.807, 2.05) is 61.0 Å². The molecule has 0 aliphatic heterocycles. The Kier molecular flexibility index (Phi) is 6.40. The molecule has 8 heteroatoms. The van der Waals surface area contributed by atoms with Gasteiger partial charge in [-0.05, 0) is 31.2 Å². The van der Waals surface area contributed by atoms with Gasteiger partial charge in [0.1, 0.15) is 0 Å². The van der Waals surface area contributed by atoms with Crippen LogP contribution in [-0.4, -0.2) is 37.5 Å². The van der Waals surface area contributed by atoms with Crippen LogP contribution < -0.4 is 4.90 Å². The van der Waals surface area contributed by atoms with Crippen LogP contribution in [0.5, 0.6) is 0 Å². The minimum Gasteiger partial charge on any atom is -0.310 e. The van der Waals surface area contributed by atoms with Gasteiger partial charge in [0, 0.05) is 37.2 Å². The molecule has 2 aromatic heterocycles. The summed E-state index contributed by atoms with van der Waals surface area (Å²) >= 11 is 1.35. The van der Waals surface area contributed by atoms with Gasteiger partial charge < -0.3 is 9.47 Å². The lowest BCUT2D eigenvalue weighted by Gasteiger charge is -2.24. The summed E-state index contributed by atoms with van der Waals surface area (Å²) in [5, 5.41) is 17.7. The van der Waals surface area contributed by atoms with Crippen molar-refractivity contribution in [2.45, 2.75) is 23.8 Å². The highest BCUT2D eigenvalue weighted by molar-refractivity contribution is 8.00. The number of para-hydroxylation sites is 1. The molecule has 0 spiro atoms. The van der Waals surface area contributed by atoms with E-state index in [1.165, 1.54) is 11.8 Å². The summed E-state index contributed by atoms with van der Waals surface area (Å²) in [6.45, 7) is 2.20. The third-order valence-electron chi connectivity index (χ3n) is 4.18. The maximum atomic E-state index is 13.1. The molecule has 0 aliphatic carbocycles. The summed E-state index contributed by atoms with van der Waals surface area (Å²) in [5.41, 5.74) is 1.70. The monoisotopic (exact) mass is 392 g/mol. The fourth-order valence-corrected chi connectivity index (χ4v) is 3.61. The molecule has 3 aromatic rings. The summed E-state index contributed by atoms with van der Waals surface area (Å²) < 4.78 is 1.87. The molecule has 0 radical (unpaired) electrons. The Labute approximate surface area is 168 Å². The van der Waals surface area contributed by atoms with E-state index in [0.717, 1.165) is 11.3 Å². The van der Waals surface area contributed by atoms with Crippen LogP contribution in [-0.2, 0) is 11.8 Å². The lowest BCUT2D eigenvalue weighted by Crippen LogP contribution is -2.37. The number of nitriles is 1. The summed E-state index contributed by atoms with van der Waals surface area (Å²) in [6.07, 6.45) is 3.68. The third-order valence-corrected chi connectivity index (χ3v) is 5.31. The van der Waals surface area contributed by atoms with Crippen molar-refractivity contribution in [1.29, 1.82) is 5.26 Å². The van der Waals surface area contributed by atoms with Gasteiger partial charge in [0.15, 0.2) is 11.0 Å². The van der Waals surface area contributed by atoms with Gasteiger partial charge in [-0.3, -0.25) is 9.78 Å². The number of aromatic nitrogens is 4. The Morgan fingerprint density at radius 2 is 1.93 bits per heavy atom. The van der Waals surface area contributed by atoms with Gasteiger partial charge in [-0.15, -0.1) is 10.2 Å². The summed E-state index contributed by atoms with van der Waals surface area (Å²) in [5.74, 6) is 0.647. The fourth-order valence-electron chi connectivity index (χ4n) is 2.73. The number of thioether (sulfide) groups is 1. The number of rotatable bonds is 7. The van der Waals surface area contributed by atoms with E-state index in [4.69, 9.17) is 5.26 Å². The molecular formula is C20H20N6OS. The van der Waals surface area contributed by atoms with E-state index in [2.05, 4.69) is 21.3 Å². The molecule has 0 saturated carbocycles. The Morgan fingerprint density at radius 1 is 1.21 bits per heavy atom. The van der Waals surface area contributed by atoms with Gasteiger partial charge in [-0.1, -0.05) is 30.0 Å². The number of anilines is 1. The normalized spacial score (nSPS) is 11.6. The zero-order valence-corrected chi connectivity index (χ0v) is 16.5. The number of amides is 1. The van der Waals surface area contributed by atoms with Crippen molar-refractivity contribution in [3.05, 3.63) is 54.9 Å². The quantitative estimate of drug-likeness (QED) is 0.573. The van der Waals surface area contributed by atoms with E-state index in [-0.39, 0.29) is 17.6 Å². The molecule has 1 aromatic carbocycles. The molecule has 0 bridgehead atoms. The Morgan fingerprint density at radius 3 is 2.61 bits per heavy atom. The number of benzene rings is 1. The number of carbonyl (C=O) groups excluding carboxylic acids is 1. The van der Waals surface area contributed by atoms with Gasteiger partial charge in [0.05, 0.1) is 17.7 Å². The largest absolute Gasteiger partial charge is 0.310 e. The van der Waals surface area contributed by atoms with Crippen molar-refractivity contribution >= 4 is 23.4 Å². The Bertz CT molecular complexity index is 967. The number of pyridine rings is 1. The first-order valence-corrected chi connectivity index (χ1v) is 9.69. The molecule has 2 heterocycles. The smallest absolute Gasteiger partial charge is 0.240 e. The average molecular weight is 392 g/mol. The minimum absolute atomic E-state index is 0.0695. The first-order valence-electron chi connectivity index (χ1n) is 8.81. The number of hydrogen-bond donors (Lipinski definition) is 0. The van der Waals surface area contributed by atoms with E-state index < -0.39 is 0 Å². The maximum Gasteiger partial charge on any atom is 0.240 e. The molecule has 1 amide bonds. The Hall–Kier alpha value is -3.18. The van der Waals surface area contributed by atoms with Gasteiger partial charge in [-0.2, -0.15) is 5.26 Å². The highest BCUT2D eigenvalue weighted by Gasteiger charge is 2.25. The molecule has 142 valence electrons. The van der Waals surface area contributed by atoms with Crippen LogP contribution in [0.15, 0.2) is 60.0 Å². The highest BCUT2D eigenvalue weighted by atomic mass is 32.2. The third kappa shape index (κ3) is 4.38. The summed E-state index contributed by atoms with van der Waals surface area (Å²) in [4.78, 5) is 18.7. The van der Waals surface area contributed by atoms with Gasteiger partial charge in [0.2, 0.25) is 5.91 Å². The second kappa shape index (κ2) is 9.15. The molecule has 0 aliphatic rings. The van der Waals surface area contributed by atoms with E-state index in [0.29, 0.717) is 17.5 Å². The number of hydrogen-bond acceptors (Lipinski definition) is 6. The predicted octanol–water partition coefficient (Wildman–Crippen LogP) is 3.30. The summed E-state index contributed by atoms with van der Waals surface area (Å²) in [7, 11) is 1.87. The lowest BCUT2D eigenvalue weighted by atomic mass is 10.2. The van der Waals surface area contributed by atoms with Gasteiger partial charge >= 0.3 is 0 Å². The lowest BCUT2D eigenvalue weighted by molar-refractivity contribution is -0.117. The molecule has 0 N–H and O–H groups in total. The van der Waals surface area contributed by atoms with Crippen LogP contribution in [0, 0.1) is 11.3 Å². The first kappa shape index (κ1) is 19.6. The molecule has 0 unspecified atom stereocenters. The summed E-state index contributed by atoms with van der Waals surface area (Å²) in [6, 6.07) is 15.2. The van der Waals surface area contributed by atoms with Crippen LogP contribution >= 0.6 is 11.8 Å². The number of nitrogens with zero attached hydrogens (tertiary/aromatic N) is 6. The topological polar surface area (TPSA) is 87.7 Å².